The normalized spacial score (nSPS) is 12.4. The molecule has 0 aliphatic carbocycles. The number of esters is 1. The zero-order valence-corrected chi connectivity index (χ0v) is 19.1. The summed E-state index contributed by atoms with van der Waals surface area (Å²) >= 11 is 0. The number of nitrogens with one attached hydrogen (secondary N) is 1. The van der Waals surface area contributed by atoms with E-state index in [9.17, 15) is 18.8 Å². The van der Waals surface area contributed by atoms with Gasteiger partial charge in [0.05, 0.1) is 25.5 Å². The Kier molecular flexibility index (Phi) is 9.09. The Hall–Kier alpha value is -3.80. The van der Waals surface area contributed by atoms with Crippen molar-refractivity contribution in [2.45, 2.75) is 31.7 Å². The number of halogens is 1. The molecule has 3 rings (SSSR count). The van der Waals surface area contributed by atoms with Crippen molar-refractivity contribution in [2.75, 3.05) is 7.11 Å². The fourth-order valence-electron chi connectivity index (χ4n) is 3.82. The molecular weight excluding hydrogens is 433 g/mol. The molecule has 0 aromatic heterocycles. The van der Waals surface area contributed by atoms with E-state index >= 15 is 0 Å². The highest BCUT2D eigenvalue weighted by Gasteiger charge is 2.28. The first-order valence-electron chi connectivity index (χ1n) is 11.2. The quantitative estimate of drug-likeness (QED) is 0.437. The van der Waals surface area contributed by atoms with E-state index in [-0.39, 0.29) is 30.3 Å². The fourth-order valence-corrected chi connectivity index (χ4v) is 3.82. The molecule has 34 heavy (non-hydrogen) atoms. The average Bonchev–Trinajstić information content (AvgIpc) is 2.85. The van der Waals surface area contributed by atoms with Crippen LogP contribution in [0.25, 0.3) is 0 Å². The van der Waals surface area contributed by atoms with Gasteiger partial charge in [-0.3, -0.25) is 14.4 Å². The third-order valence-corrected chi connectivity index (χ3v) is 5.59. The Morgan fingerprint density at radius 1 is 0.794 bits per heavy atom. The van der Waals surface area contributed by atoms with Crippen LogP contribution in [0.3, 0.4) is 0 Å². The first-order chi connectivity index (χ1) is 16.4. The lowest BCUT2D eigenvalue weighted by molar-refractivity contribution is -0.147. The minimum Gasteiger partial charge on any atom is -0.469 e. The van der Waals surface area contributed by atoms with E-state index in [1.807, 2.05) is 60.7 Å². The lowest BCUT2D eigenvalue weighted by Gasteiger charge is -2.21. The lowest BCUT2D eigenvalue weighted by atomic mass is 9.90. The van der Waals surface area contributed by atoms with Crippen LogP contribution in [0.15, 0.2) is 84.9 Å². The van der Waals surface area contributed by atoms with E-state index in [1.165, 1.54) is 31.4 Å². The Bertz CT molecular complexity index is 1080. The van der Waals surface area contributed by atoms with Gasteiger partial charge in [-0.1, -0.05) is 72.8 Å². The van der Waals surface area contributed by atoms with Crippen LogP contribution < -0.4 is 5.32 Å². The van der Waals surface area contributed by atoms with E-state index in [4.69, 9.17) is 4.74 Å². The van der Waals surface area contributed by atoms with Crippen LogP contribution in [0, 0.1) is 11.7 Å². The largest absolute Gasteiger partial charge is 0.469 e. The summed E-state index contributed by atoms with van der Waals surface area (Å²) in [6, 6.07) is 23.6. The van der Waals surface area contributed by atoms with Crippen molar-refractivity contribution in [1.29, 1.82) is 0 Å². The second-order valence-electron chi connectivity index (χ2n) is 8.19. The summed E-state index contributed by atoms with van der Waals surface area (Å²) in [5, 5.41) is 2.82. The lowest BCUT2D eigenvalue weighted by Crippen LogP contribution is -2.44. The average molecular weight is 462 g/mol. The van der Waals surface area contributed by atoms with Gasteiger partial charge in [0.15, 0.2) is 5.78 Å². The molecule has 0 saturated carbocycles. The highest BCUT2D eigenvalue weighted by molar-refractivity contribution is 5.92. The molecule has 0 unspecified atom stereocenters. The molecule has 0 saturated heterocycles. The van der Waals surface area contributed by atoms with Gasteiger partial charge in [-0.05, 0) is 41.7 Å². The molecule has 2 atom stereocenters. The maximum absolute atomic E-state index is 13.3. The maximum Gasteiger partial charge on any atom is 0.309 e. The van der Waals surface area contributed by atoms with Crippen LogP contribution in [-0.4, -0.2) is 30.8 Å². The molecule has 0 heterocycles. The summed E-state index contributed by atoms with van der Waals surface area (Å²) in [5.74, 6) is -2.10. The molecule has 3 aromatic rings. The maximum atomic E-state index is 13.3. The van der Waals surface area contributed by atoms with Crippen molar-refractivity contribution in [2.24, 2.45) is 5.92 Å². The predicted octanol–water partition coefficient (Wildman–Crippen LogP) is 4.09. The summed E-state index contributed by atoms with van der Waals surface area (Å²) in [4.78, 5) is 38.5. The summed E-state index contributed by atoms with van der Waals surface area (Å²) < 4.78 is 18.1. The van der Waals surface area contributed by atoms with Crippen molar-refractivity contribution in [3.63, 3.8) is 0 Å². The van der Waals surface area contributed by atoms with Crippen LogP contribution in [-0.2, 0) is 38.4 Å². The molecule has 0 fully saturated rings. The molecule has 0 radical (unpaired) electrons. The topological polar surface area (TPSA) is 72.5 Å². The smallest absolute Gasteiger partial charge is 0.309 e. The van der Waals surface area contributed by atoms with Crippen molar-refractivity contribution >= 4 is 17.7 Å². The second-order valence-corrected chi connectivity index (χ2v) is 8.19. The van der Waals surface area contributed by atoms with Gasteiger partial charge in [0.25, 0.3) is 0 Å². The van der Waals surface area contributed by atoms with E-state index in [1.54, 1.807) is 0 Å². The highest BCUT2D eigenvalue weighted by atomic mass is 19.1. The number of hydrogen-bond acceptors (Lipinski definition) is 4. The SMILES string of the molecule is COC(=O)[C@@H](CC(=O)[C@H](Cc1ccccc1)NC(=O)Cc1ccc(F)cc1)Cc1ccccc1. The van der Waals surface area contributed by atoms with Gasteiger partial charge in [0.1, 0.15) is 5.82 Å². The number of ether oxygens (including phenoxy) is 1. The van der Waals surface area contributed by atoms with Crippen LogP contribution >= 0.6 is 0 Å². The van der Waals surface area contributed by atoms with Gasteiger partial charge >= 0.3 is 5.97 Å². The monoisotopic (exact) mass is 461 g/mol. The van der Waals surface area contributed by atoms with E-state index < -0.39 is 17.9 Å². The molecule has 1 N–H and O–H groups in total. The summed E-state index contributed by atoms with van der Waals surface area (Å²) in [7, 11) is 1.30. The van der Waals surface area contributed by atoms with E-state index in [0.29, 0.717) is 18.4 Å². The van der Waals surface area contributed by atoms with Crippen molar-refractivity contribution in [3.8, 4) is 0 Å². The minimum atomic E-state index is -0.807. The summed E-state index contributed by atoms with van der Waals surface area (Å²) in [6.45, 7) is 0. The number of ketones is 1. The predicted molar refractivity (Wildman–Crippen MR) is 127 cm³/mol. The molecule has 6 heteroatoms. The highest BCUT2D eigenvalue weighted by Crippen LogP contribution is 2.17. The van der Waals surface area contributed by atoms with Gasteiger partial charge in [0, 0.05) is 6.42 Å². The van der Waals surface area contributed by atoms with Crippen molar-refractivity contribution in [1.82, 2.24) is 5.32 Å². The molecule has 0 aliphatic rings. The van der Waals surface area contributed by atoms with Gasteiger partial charge in [0.2, 0.25) is 5.91 Å². The Labute approximate surface area is 199 Å². The fraction of sp³-hybridized carbons (Fsp3) is 0.250. The van der Waals surface area contributed by atoms with E-state index in [2.05, 4.69) is 5.32 Å². The standard InChI is InChI=1S/C28H28FNO4/c1-34-28(33)23(16-20-8-4-2-5-9-20)19-26(31)25(17-21-10-6-3-7-11-21)30-27(32)18-22-12-14-24(29)15-13-22/h2-15,23,25H,16-19H2,1H3,(H,30,32)/t23-,25+/m1/s1. The Morgan fingerprint density at radius 3 is 1.91 bits per heavy atom. The van der Waals surface area contributed by atoms with Crippen LogP contribution in [0.4, 0.5) is 4.39 Å². The number of carbonyl (C=O) groups is 3. The zero-order chi connectivity index (χ0) is 24.3. The summed E-state index contributed by atoms with van der Waals surface area (Å²) in [5.41, 5.74) is 2.45. The van der Waals surface area contributed by atoms with Gasteiger partial charge in [-0.2, -0.15) is 0 Å². The number of hydrogen-bond donors (Lipinski definition) is 1. The molecule has 176 valence electrons. The van der Waals surface area contributed by atoms with E-state index in [0.717, 1.165) is 11.1 Å². The molecule has 1 amide bonds. The third-order valence-electron chi connectivity index (χ3n) is 5.59. The number of carbonyl (C=O) groups excluding carboxylic acids is 3. The van der Waals surface area contributed by atoms with Crippen molar-refractivity contribution < 1.29 is 23.5 Å². The second kappa shape index (κ2) is 12.4. The zero-order valence-electron chi connectivity index (χ0n) is 19.1. The number of methoxy groups -OCH3 is 1. The molecule has 0 aliphatic heterocycles. The summed E-state index contributed by atoms with van der Waals surface area (Å²) in [6.07, 6.45) is 0.619. The number of amides is 1. The van der Waals surface area contributed by atoms with Crippen molar-refractivity contribution in [3.05, 3.63) is 107 Å². The molecular formula is C28H28FNO4. The molecule has 0 spiro atoms. The van der Waals surface area contributed by atoms with Gasteiger partial charge in [-0.15, -0.1) is 0 Å². The molecule has 0 bridgehead atoms. The molecule has 5 nitrogen and oxygen atoms in total. The van der Waals surface area contributed by atoms with Gasteiger partial charge in [-0.25, -0.2) is 4.39 Å². The first kappa shape index (κ1) is 24.8. The number of rotatable bonds is 11. The Balaban J connectivity index is 1.74. The van der Waals surface area contributed by atoms with Crippen LogP contribution in [0.5, 0.6) is 0 Å². The molecule has 3 aromatic carbocycles. The van der Waals surface area contributed by atoms with Crippen LogP contribution in [0.2, 0.25) is 0 Å². The number of benzene rings is 3. The number of Topliss-reactive ketones (excluding diaryl/α,β-unsaturated/α-hetero) is 1. The van der Waals surface area contributed by atoms with Crippen LogP contribution in [0.1, 0.15) is 23.1 Å². The Morgan fingerprint density at radius 2 is 1.35 bits per heavy atom. The third kappa shape index (κ3) is 7.66. The van der Waals surface area contributed by atoms with Gasteiger partial charge < -0.3 is 10.1 Å². The first-order valence-corrected chi connectivity index (χ1v) is 11.2. The minimum absolute atomic E-state index is 0.0172.